The lowest BCUT2D eigenvalue weighted by Gasteiger charge is -2.16. The van der Waals surface area contributed by atoms with E-state index in [2.05, 4.69) is 120 Å². The molecule has 0 fully saturated rings. The van der Waals surface area contributed by atoms with Gasteiger partial charge in [-0.25, -0.2) is 15.0 Å². The van der Waals surface area contributed by atoms with E-state index < -0.39 is 0 Å². The third kappa shape index (κ3) is 4.90. The summed E-state index contributed by atoms with van der Waals surface area (Å²) in [4.78, 5) is 15.1. The number of benzene rings is 7. The fourth-order valence-corrected chi connectivity index (χ4v) is 8.19. The number of aromatic nitrogens is 4. The molecule has 0 radical (unpaired) electrons. The summed E-state index contributed by atoms with van der Waals surface area (Å²) in [5.74, 6) is 1.94. The van der Waals surface area contributed by atoms with Crippen molar-refractivity contribution in [3.8, 4) is 28.5 Å². The molecular formula is C49H32N4O. The van der Waals surface area contributed by atoms with Crippen LogP contribution in [0.3, 0.4) is 0 Å². The zero-order valence-corrected chi connectivity index (χ0v) is 29.3. The van der Waals surface area contributed by atoms with Gasteiger partial charge in [-0.2, -0.15) is 0 Å². The van der Waals surface area contributed by atoms with Crippen LogP contribution in [0.25, 0.3) is 94.1 Å². The molecule has 5 heteroatoms. The molecule has 0 unspecified atom stereocenters. The smallest absolute Gasteiger partial charge is 0.167 e. The van der Waals surface area contributed by atoms with Crippen molar-refractivity contribution in [1.82, 2.24) is 19.5 Å². The lowest BCUT2D eigenvalue weighted by molar-refractivity contribution is 0.669. The van der Waals surface area contributed by atoms with Gasteiger partial charge in [0, 0.05) is 32.8 Å². The van der Waals surface area contributed by atoms with Crippen molar-refractivity contribution in [2.45, 2.75) is 12.8 Å². The van der Waals surface area contributed by atoms with E-state index >= 15 is 0 Å². The van der Waals surface area contributed by atoms with Crippen LogP contribution in [0.4, 0.5) is 0 Å². The minimum absolute atomic E-state index is 0.604. The maximum Gasteiger partial charge on any atom is 0.167 e. The number of hydrogen-bond donors (Lipinski definition) is 0. The summed E-state index contributed by atoms with van der Waals surface area (Å²) in [7, 11) is 0. The Labute approximate surface area is 311 Å². The largest absolute Gasteiger partial charge is 0.455 e. The minimum atomic E-state index is 0.604. The first kappa shape index (κ1) is 30.5. The van der Waals surface area contributed by atoms with Crippen molar-refractivity contribution in [3.63, 3.8) is 0 Å². The van der Waals surface area contributed by atoms with Crippen molar-refractivity contribution in [1.29, 1.82) is 0 Å². The molecule has 0 N–H and O–H groups in total. The van der Waals surface area contributed by atoms with Crippen molar-refractivity contribution in [2.75, 3.05) is 0 Å². The monoisotopic (exact) mass is 692 g/mol. The molecule has 254 valence electrons. The Morgan fingerprint density at radius 3 is 1.98 bits per heavy atom. The number of allylic oxidation sites excluding steroid dienone is 4. The molecule has 0 aliphatic heterocycles. The standard InChI is InChI=1S/C49H32N4O/c1-2-12-34(13-3-1)47-50-48(52-49(51-47)41-18-10-17-39-38-15-7-9-20-44(38)54-46(39)41)35-23-21-31(22-24-35)32-25-28-36(29-26-32)53-42-19-8-6-16-40(42)45-37-14-5-4-11-33(37)27-30-43(45)53/h1-21,23,25-30H,22,24H2. The molecule has 54 heavy (non-hydrogen) atoms. The molecule has 1 aliphatic rings. The highest BCUT2D eigenvalue weighted by Crippen LogP contribution is 2.39. The quantitative estimate of drug-likeness (QED) is 0.180. The van der Waals surface area contributed by atoms with Crippen LogP contribution in [0.5, 0.6) is 0 Å². The molecule has 11 rings (SSSR count). The first-order chi connectivity index (χ1) is 26.8. The normalized spacial score (nSPS) is 13.3. The van der Waals surface area contributed by atoms with Gasteiger partial charge in [-0.15, -0.1) is 0 Å². The Bertz CT molecular complexity index is 3150. The molecule has 0 spiro atoms. The average molecular weight is 693 g/mol. The van der Waals surface area contributed by atoms with Crippen LogP contribution in [0.2, 0.25) is 0 Å². The van der Waals surface area contributed by atoms with Crippen molar-refractivity contribution < 1.29 is 4.42 Å². The zero-order valence-electron chi connectivity index (χ0n) is 29.3. The number of rotatable bonds is 5. The van der Waals surface area contributed by atoms with Crippen LogP contribution in [0.1, 0.15) is 24.2 Å². The highest BCUT2D eigenvalue weighted by atomic mass is 16.3. The summed E-state index contributed by atoms with van der Waals surface area (Å²) >= 11 is 0. The molecule has 0 saturated carbocycles. The van der Waals surface area contributed by atoms with Gasteiger partial charge in [0.1, 0.15) is 11.2 Å². The molecule has 7 aromatic carbocycles. The molecule has 0 amide bonds. The zero-order chi connectivity index (χ0) is 35.6. The van der Waals surface area contributed by atoms with E-state index in [0.717, 1.165) is 57.2 Å². The molecule has 10 aromatic rings. The molecular weight excluding hydrogens is 661 g/mol. The van der Waals surface area contributed by atoms with Crippen LogP contribution in [0.15, 0.2) is 174 Å². The van der Waals surface area contributed by atoms with Gasteiger partial charge in [-0.1, -0.05) is 133 Å². The molecule has 3 heterocycles. The number of para-hydroxylation sites is 3. The molecule has 0 saturated heterocycles. The highest BCUT2D eigenvalue weighted by Gasteiger charge is 2.20. The molecule has 3 aromatic heterocycles. The third-order valence-electron chi connectivity index (χ3n) is 10.8. The first-order valence-electron chi connectivity index (χ1n) is 18.4. The van der Waals surface area contributed by atoms with Crippen molar-refractivity contribution in [3.05, 3.63) is 181 Å². The van der Waals surface area contributed by atoms with Crippen LogP contribution in [-0.2, 0) is 0 Å². The summed E-state index contributed by atoms with van der Waals surface area (Å²) in [6.45, 7) is 0. The summed E-state index contributed by atoms with van der Waals surface area (Å²) in [5, 5.41) is 7.24. The predicted octanol–water partition coefficient (Wildman–Crippen LogP) is 12.6. The first-order valence-corrected chi connectivity index (χ1v) is 18.4. The molecule has 0 atom stereocenters. The van der Waals surface area contributed by atoms with E-state index in [1.165, 1.54) is 43.7 Å². The number of nitrogens with zero attached hydrogens (tertiary/aromatic N) is 4. The summed E-state index contributed by atoms with van der Waals surface area (Å²) in [6, 6.07) is 55.3. The van der Waals surface area contributed by atoms with Crippen molar-refractivity contribution in [2.24, 2.45) is 0 Å². The Kier molecular flexibility index (Phi) is 6.92. The van der Waals surface area contributed by atoms with E-state index in [1.54, 1.807) is 0 Å². The second-order valence-electron chi connectivity index (χ2n) is 13.9. The van der Waals surface area contributed by atoms with E-state index in [0.29, 0.717) is 17.5 Å². The lowest BCUT2D eigenvalue weighted by Crippen LogP contribution is -2.04. The van der Waals surface area contributed by atoms with E-state index in [-0.39, 0.29) is 0 Å². The third-order valence-corrected chi connectivity index (χ3v) is 10.8. The Morgan fingerprint density at radius 1 is 0.444 bits per heavy atom. The van der Waals surface area contributed by atoms with Gasteiger partial charge in [0.2, 0.25) is 0 Å². The van der Waals surface area contributed by atoms with E-state index in [1.807, 2.05) is 54.6 Å². The average Bonchev–Trinajstić information content (AvgIpc) is 3.80. The van der Waals surface area contributed by atoms with E-state index in [4.69, 9.17) is 19.4 Å². The van der Waals surface area contributed by atoms with Gasteiger partial charge in [0.15, 0.2) is 17.5 Å². The van der Waals surface area contributed by atoms with Gasteiger partial charge >= 0.3 is 0 Å². The molecule has 5 nitrogen and oxygen atoms in total. The lowest BCUT2D eigenvalue weighted by atomic mass is 9.92. The second kappa shape index (κ2) is 12.2. The topological polar surface area (TPSA) is 56.7 Å². The molecule has 1 aliphatic carbocycles. The SMILES string of the molecule is C1=C(c2ccc(-n3c4ccccc4c4c5ccccc5ccc43)cc2)CCC(c2nc(-c3ccccc3)nc(-c3cccc4c3oc3ccccc34)n2)=C1. The fraction of sp³-hybridized carbons (Fsp3) is 0.0408. The Morgan fingerprint density at radius 2 is 1.13 bits per heavy atom. The predicted molar refractivity (Wildman–Crippen MR) is 221 cm³/mol. The highest BCUT2D eigenvalue weighted by molar-refractivity contribution is 6.21. The van der Waals surface area contributed by atoms with E-state index in [9.17, 15) is 0 Å². The number of fused-ring (bicyclic) bond motifs is 8. The number of furan rings is 1. The fourth-order valence-electron chi connectivity index (χ4n) is 8.19. The Balaban J connectivity index is 0.972. The van der Waals surface area contributed by atoms with Crippen LogP contribution >= 0.6 is 0 Å². The minimum Gasteiger partial charge on any atom is -0.455 e. The van der Waals surface area contributed by atoms with Crippen LogP contribution in [-0.4, -0.2) is 19.5 Å². The number of hydrogen-bond acceptors (Lipinski definition) is 4. The van der Waals surface area contributed by atoms with Gasteiger partial charge in [-0.3, -0.25) is 0 Å². The maximum absolute atomic E-state index is 6.40. The van der Waals surface area contributed by atoms with Gasteiger partial charge in [0.25, 0.3) is 0 Å². The van der Waals surface area contributed by atoms with Gasteiger partial charge in [-0.05, 0) is 76.7 Å². The summed E-state index contributed by atoms with van der Waals surface area (Å²) in [5.41, 5.74) is 10.6. The molecule has 0 bridgehead atoms. The van der Waals surface area contributed by atoms with Crippen LogP contribution in [0, 0.1) is 0 Å². The summed E-state index contributed by atoms with van der Waals surface area (Å²) in [6.07, 6.45) is 6.11. The van der Waals surface area contributed by atoms with Gasteiger partial charge in [0.05, 0.1) is 16.6 Å². The Hall–Kier alpha value is -7.11. The van der Waals surface area contributed by atoms with Crippen molar-refractivity contribution >= 4 is 65.7 Å². The summed E-state index contributed by atoms with van der Waals surface area (Å²) < 4.78 is 8.79. The van der Waals surface area contributed by atoms with Gasteiger partial charge < -0.3 is 8.98 Å². The van der Waals surface area contributed by atoms with Crippen LogP contribution < -0.4 is 0 Å². The maximum atomic E-state index is 6.40. The second-order valence-corrected chi connectivity index (χ2v) is 13.9.